The molecule has 5 atom stereocenters. The smallest absolute Gasteiger partial charge is 0.288 e. The van der Waals surface area contributed by atoms with Gasteiger partial charge in [0.25, 0.3) is 5.79 Å². The Morgan fingerprint density at radius 1 is 1.12 bits per heavy atom. The second-order valence-electron chi connectivity index (χ2n) is 8.20. The van der Waals surface area contributed by atoms with Crippen LogP contribution in [0.1, 0.15) is 16.8 Å². The van der Waals surface area contributed by atoms with Crippen molar-refractivity contribution in [2.24, 2.45) is 0 Å². The molecular formula is C23H28N2O8. The molecule has 1 aliphatic rings. The van der Waals surface area contributed by atoms with Crippen LogP contribution >= 0.6 is 0 Å². The van der Waals surface area contributed by atoms with Gasteiger partial charge >= 0.3 is 0 Å². The monoisotopic (exact) mass is 460 g/mol. The summed E-state index contributed by atoms with van der Waals surface area (Å²) in [7, 11) is 1.61. The van der Waals surface area contributed by atoms with Gasteiger partial charge in [-0.25, -0.2) is 0 Å². The van der Waals surface area contributed by atoms with Crippen molar-refractivity contribution < 1.29 is 39.7 Å². The average molecular weight is 460 g/mol. The number of aliphatic hydroxyl groups is 5. The van der Waals surface area contributed by atoms with Crippen LogP contribution in [0.15, 0.2) is 36.4 Å². The summed E-state index contributed by atoms with van der Waals surface area (Å²) >= 11 is 0. The number of benzene rings is 2. The summed E-state index contributed by atoms with van der Waals surface area (Å²) in [5.41, 5.74) is 3.16. The average Bonchev–Trinajstić information content (AvgIpc) is 3.22. The van der Waals surface area contributed by atoms with Gasteiger partial charge in [0.1, 0.15) is 23.7 Å². The van der Waals surface area contributed by atoms with Gasteiger partial charge in [0.05, 0.1) is 30.3 Å². The Balaban J connectivity index is 1.64. The third-order valence-corrected chi connectivity index (χ3v) is 5.90. The van der Waals surface area contributed by atoms with Crippen molar-refractivity contribution in [1.82, 2.24) is 10.2 Å². The van der Waals surface area contributed by atoms with E-state index in [2.05, 4.69) is 10.2 Å². The fourth-order valence-electron chi connectivity index (χ4n) is 4.01. The van der Waals surface area contributed by atoms with Crippen LogP contribution in [-0.4, -0.2) is 79.8 Å². The third-order valence-electron chi connectivity index (χ3n) is 5.90. The van der Waals surface area contributed by atoms with E-state index in [1.165, 1.54) is 0 Å². The number of aromatic nitrogens is 2. The summed E-state index contributed by atoms with van der Waals surface area (Å²) in [5, 5.41) is 59.1. The molecule has 10 nitrogen and oxygen atoms in total. The minimum absolute atomic E-state index is 0.155. The molecule has 178 valence electrons. The van der Waals surface area contributed by atoms with Crippen molar-refractivity contribution in [2.75, 3.05) is 13.7 Å². The molecule has 1 saturated heterocycles. The number of methoxy groups -OCH3 is 1. The minimum Gasteiger partial charge on any atom is -0.497 e. The molecule has 1 aromatic heterocycles. The van der Waals surface area contributed by atoms with Crippen molar-refractivity contribution >= 4 is 10.9 Å². The molecular weight excluding hydrogens is 432 g/mol. The highest BCUT2D eigenvalue weighted by Crippen LogP contribution is 2.36. The highest BCUT2D eigenvalue weighted by molar-refractivity contribution is 5.88. The number of nitrogens with one attached hydrogen (secondary N) is 1. The van der Waals surface area contributed by atoms with Gasteiger partial charge in [-0.3, -0.25) is 5.10 Å². The Labute approximate surface area is 190 Å². The van der Waals surface area contributed by atoms with E-state index in [4.69, 9.17) is 14.2 Å². The van der Waals surface area contributed by atoms with Crippen LogP contribution in [-0.2, 0) is 17.6 Å². The number of rotatable bonds is 7. The van der Waals surface area contributed by atoms with Gasteiger partial charge in [0.2, 0.25) is 6.29 Å². The van der Waals surface area contributed by atoms with Gasteiger partial charge in [-0.1, -0.05) is 12.1 Å². The molecule has 0 amide bonds. The Morgan fingerprint density at radius 3 is 2.52 bits per heavy atom. The molecule has 0 saturated carbocycles. The van der Waals surface area contributed by atoms with E-state index in [9.17, 15) is 25.5 Å². The third kappa shape index (κ3) is 4.41. The number of fused-ring (bicyclic) bond motifs is 1. The van der Waals surface area contributed by atoms with E-state index in [0.717, 1.165) is 16.9 Å². The van der Waals surface area contributed by atoms with Gasteiger partial charge < -0.3 is 39.7 Å². The lowest BCUT2D eigenvalue weighted by atomic mass is 9.95. The molecule has 1 fully saturated rings. The standard InChI is InChI=1S/C23H28N2O8/c1-12-9-16-19(15(24-25-16)8-5-13-3-6-14(31-2)7-4-13)17(10-12)33-23(30)21(28)20(27)18(11-26)32-22(23)29/h3-4,6-7,9-10,18,20-22,26-30H,5,8,11H2,1-2H3,(H,24,25)/t18-,20-,21+,22-,23+/m1/s1. The zero-order chi connectivity index (χ0) is 23.8. The summed E-state index contributed by atoms with van der Waals surface area (Å²) < 4.78 is 16.0. The van der Waals surface area contributed by atoms with E-state index in [0.29, 0.717) is 29.4 Å². The highest BCUT2D eigenvalue weighted by atomic mass is 16.7. The Kier molecular flexibility index (Phi) is 6.57. The van der Waals surface area contributed by atoms with Crippen molar-refractivity contribution in [1.29, 1.82) is 0 Å². The second kappa shape index (κ2) is 9.26. The summed E-state index contributed by atoms with van der Waals surface area (Å²) in [5.74, 6) is -1.75. The van der Waals surface area contributed by atoms with Crippen molar-refractivity contribution in [3.63, 3.8) is 0 Å². The van der Waals surface area contributed by atoms with Crippen LogP contribution in [0.3, 0.4) is 0 Å². The number of aryl methyl sites for hydroxylation is 3. The maximum Gasteiger partial charge on any atom is 0.288 e. The molecule has 2 aromatic carbocycles. The minimum atomic E-state index is -2.67. The zero-order valence-corrected chi connectivity index (χ0v) is 18.3. The molecule has 0 radical (unpaired) electrons. The number of nitrogens with zero attached hydrogens (tertiary/aromatic N) is 1. The maximum atomic E-state index is 11.0. The molecule has 33 heavy (non-hydrogen) atoms. The summed E-state index contributed by atoms with van der Waals surface area (Å²) in [6, 6.07) is 11.2. The summed E-state index contributed by atoms with van der Waals surface area (Å²) in [6.07, 6.45) is -5.69. The normalized spacial score (nSPS) is 27.6. The topological polar surface area (TPSA) is 158 Å². The lowest BCUT2D eigenvalue weighted by molar-refractivity contribution is -0.385. The molecule has 0 aliphatic carbocycles. The first-order valence-electron chi connectivity index (χ1n) is 10.6. The van der Waals surface area contributed by atoms with Gasteiger partial charge in [-0.15, -0.1) is 0 Å². The largest absolute Gasteiger partial charge is 0.497 e. The fraction of sp³-hybridized carbons (Fsp3) is 0.435. The van der Waals surface area contributed by atoms with Crippen LogP contribution in [0.4, 0.5) is 0 Å². The lowest BCUT2D eigenvalue weighted by Crippen LogP contribution is -2.69. The van der Waals surface area contributed by atoms with Crippen LogP contribution in [0.2, 0.25) is 0 Å². The molecule has 6 N–H and O–H groups in total. The van der Waals surface area contributed by atoms with E-state index in [1.54, 1.807) is 13.2 Å². The van der Waals surface area contributed by atoms with Crippen molar-refractivity contribution in [3.8, 4) is 11.5 Å². The SMILES string of the molecule is COc1ccc(CCc2n[nH]c3cc(C)cc(O[C@]4(O)[C@H](O)O[C@H](CO)[C@@H](O)[C@@H]4O)c23)cc1. The first-order chi connectivity index (χ1) is 15.8. The first-order valence-corrected chi connectivity index (χ1v) is 10.6. The Bertz CT molecular complexity index is 1100. The molecule has 1 aliphatic heterocycles. The number of hydrogen-bond donors (Lipinski definition) is 6. The number of aromatic amines is 1. The van der Waals surface area contributed by atoms with Gasteiger partial charge in [0, 0.05) is 0 Å². The summed E-state index contributed by atoms with van der Waals surface area (Å²) in [4.78, 5) is 0. The number of aliphatic hydroxyl groups excluding tert-OH is 4. The van der Waals surface area contributed by atoms with Gasteiger partial charge in [0.15, 0.2) is 6.10 Å². The van der Waals surface area contributed by atoms with E-state index in [1.807, 2.05) is 37.3 Å². The Morgan fingerprint density at radius 2 is 1.85 bits per heavy atom. The predicted molar refractivity (Wildman–Crippen MR) is 117 cm³/mol. The van der Waals surface area contributed by atoms with Gasteiger partial charge in [-0.2, -0.15) is 5.10 Å². The number of ether oxygens (including phenoxy) is 3. The maximum absolute atomic E-state index is 11.0. The predicted octanol–water partition coefficient (Wildman–Crippen LogP) is 0.164. The molecule has 3 aromatic rings. The molecule has 10 heteroatoms. The van der Waals surface area contributed by atoms with Crippen LogP contribution in [0.5, 0.6) is 11.5 Å². The van der Waals surface area contributed by atoms with E-state index < -0.39 is 37.0 Å². The van der Waals surface area contributed by atoms with Crippen molar-refractivity contribution in [3.05, 3.63) is 53.2 Å². The van der Waals surface area contributed by atoms with Crippen LogP contribution < -0.4 is 9.47 Å². The van der Waals surface area contributed by atoms with Gasteiger partial charge in [-0.05, 0) is 55.2 Å². The fourth-order valence-corrected chi connectivity index (χ4v) is 4.01. The molecule has 4 rings (SSSR count). The second-order valence-corrected chi connectivity index (χ2v) is 8.20. The zero-order valence-electron chi connectivity index (χ0n) is 18.3. The number of hydrogen-bond acceptors (Lipinski definition) is 9. The summed E-state index contributed by atoms with van der Waals surface area (Å²) in [6.45, 7) is 1.16. The number of H-pyrrole nitrogens is 1. The van der Waals surface area contributed by atoms with E-state index >= 15 is 0 Å². The van der Waals surface area contributed by atoms with Crippen molar-refractivity contribution in [2.45, 2.75) is 50.2 Å². The van der Waals surface area contributed by atoms with Crippen LogP contribution in [0, 0.1) is 6.92 Å². The Hall–Kier alpha value is -2.73. The molecule has 0 unspecified atom stereocenters. The lowest BCUT2D eigenvalue weighted by Gasteiger charge is -2.45. The quantitative estimate of drug-likeness (QED) is 0.270. The highest BCUT2D eigenvalue weighted by Gasteiger charge is 2.57. The molecule has 2 heterocycles. The molecule has 0 spiro atoms. The molecule has 0 bridgehead atoms. The first kappa shape index (κ1) is 23.4. The van der Waals surface area contributed by atoms with E-state index in [-0.39, 0.29) is 5.75 Å². The van der Waals surface area contributed by atoms with Crippen LogP contribution in [0.25, 0.3) is 10.9 Å².